The Morgan fingerprint density at radius 2 is 2.04 bits per heavy atom. The van der Waals surface area contributed by atoms with Gasteiger partial charge in [-0.25, -0.2) is 0 Å². The highest BCUT2D eigenvalue weighted by Gasteiger charge is 2.24. The smallest absolute Gasteiger partial charge is 0.264 e. The molecule has 5 nitrogen and oxygen atoms in total. The van der Waals surface area contributed by atoms with Crippen LogP contribution in [0.25, 0.3) is 0 Å². The van der Waals surface area contributed by atoms with Crippen LogP contribution >= 0.6 is 11.8 Å². The average molecular weight is 385 g/mol. The number of carbonyl (C=O) groups excluding carboxylic acids is 2. The molecule has 2 aromatic carbocycles. The normalized spacial score (nSPS) is 16.2. The largest absolute Gasteiger partial charge is 0.490 e. The molecule has 0 saturated carbocycles. The van der Waals surface area contributed by atoms with Crippen molar-refractivity contribution in [1.82, 2.24) is 0 Å². The van der Waals surface area contributed by atoms with Crippen LogP contribution in [-0.2, 0) is 4.79 Å². The van der Waals surface area contributed by atoms with Gasteiger partial charge in [-0.1, -0.05) is 19.1 Å². The molecule has 1 atom stereocenters. The molecule has 1 aliphatic rings. The number of para-hydroxylation sites is 1. The molecule has 27 heavy (non-hydrogen) atoms. The number of benzene rings is 2. The molecule has 142 valence electrons. The van der Waals surface area contributed by atoms with Crippen LogP contribution in [0.3, 0.4) is 0 Å². The Balaban J connectivity index is 1.75. The molecule has 6 heteroatoms. The summed E-state index contributed by atoms with van der Waals surface area (Å²) in [5, 5.41) is 0.449. The van der Waals surface area contributed by atoms with Crippen LogP contribution in [0.4, 0.5) is 5.69 Å². The summed E-state index contributed by atoms with van der Waals surface area (Å²) in [6.07, 6.45) is 1.67. The molecular weight excluding hydrogens is 362 g/mol. The van der Waals surface area contributed by atoms with Gasteiger partial charge in [0, 0.05) is 22.3 Å². The number of amides is 1. The van der Waals surface area contributed by atoms with E-state index in [-0.39, 0.29) is 12.5 Å². The van der Waals surface area contributed by atoms with Gasteiger partial charge in [-0.3, -0.25) is 9.59 Å². The Labute approximate surface area is 163 Å². The van der Waals surface area contributed by atoms with Crippen LogP contribution in [0.5, 0.6) is 11.5 Å². The van der Waals surface area contributed by atoms with E-state index in [9.17, 15) is 9.59 Å². The number of thioether (sulfide) groups is 1. The zero-order chi connectivity index (χ0) is 19.2. The van der Waals surface area contributed by atoms with Crippen LogP contribution < -0.4 is 14.4 Å². The van der Waals surface area contributed by atoms with Crippen molar-refractivity contribution in [1.29, 1.82) is 0 Å². The lowest BCUT2D eigenvalue weighted by atomic mass is 10.2. The second-order valence-corrected chi connectivity index (χ2v) is 7.76. The zero-order valence-electron chi connectivity index (χ0n) is 15.5. The third-order valence-electron chi connectivity index (χ3n) is 4.30. The number of anilines is 1. The summed E-state index contributed by atoms with van der Waals surface area (Å²) in [5.41, 5.74) is 1.44. The molecule has 1 heterocycles. The molecular formula is C21H23NO4S. The molecule has 0 N–H and O–H groups in total. The molecule has 1 aliphatic heterocycles. The number of carbonyl (C=O) groups is 2. The van der Waals surface area contributed by atoms with Gasteiger partial charge in [0.15, 0.2) is 18.1 Å². The molecule has 0 bridgehead atoms. The van der Waals surface area contributed by atoms with Gasteiger partial charge in [-0.2, -0.15) is 0 Å². The van der Waals surface area contributed by atoms with Gasteiger partial charge in [0.25, 0.3) is 5.91 Å². The van der Waals surface area contributed by atoms with Crippen LogP contribution in [0.2, 0.25) is 0 Å². The lowest BCUT2D eigenvalue weighted by Crippen LogP contribution is -2.36. The maximum atomic E-state index is 12.9. The molecule has 1 amide bonds. The summed E-state index contributed by atoms with van der Waals surface area (Å²) in [4.78, 5) is 26.8. The highest BCUT2D eigenvalue weighted by Crippen LogP contribution is 2.37. The summed E-state index contributed by atoms with van der Waals surface area (Å²) in [6, 6.07) is 12.9. The maximum Gasteiger partial charge on any atom is 0.264 e. The molecule has 0 spiro atoms. The van der Waals surface area contributed by atoms with E-state index in [1.54, 1.807) is 34.9 Å². The van der Waals surface area contributed by atoms with E-state index < -0.39 is 0 Å². The van der Waals surface area contributed by atoms with Crippen molar-refractivity contribution in [2.45, 2.75) is 30.4 Å². The highest BCUT2D eigenvalue weighted by atomic mass is 32.2. The number of aldehydes is 1. The first-order valence-corrected chi connectivity index (χ1v) is 9.91. The standard InChI is InChI=1S/C21H23NO4S/c1-3-25-19-12-16(13-23)8-9-18(19)26-14-21(24)22-11-10-15(2)27-20-7-5-4-6-17(20)22/h4-9,12-13,15H,3,10-11,14H2,1-2H3/t15-/m1/s1. The predicted molar refractivity (Wildman–Crippen MR) is 107 cm³/mol. The first-order valence-electron chi connectivity index (χ1n) is 9.03. The monoisotopic (exact) mass is 385 g/mol. The van der Waals surface area contributed by atoms with Gasteiger partial charge in [0.05, 0.1) is 12.3 Å². The lowest BCUT2D eigenvalue weighted by molar-refractivity contribution is -0.120. The van der Waals surface area contributed by atoms with Crippen molar-refractivity contribution in [2.75, 3.05) is 24.7 Å². The molecule has 0 saturated heterocycles. The maximum absolute atomic E-state index is 12.9. The molecule has 0 aliphatic carbocycles. The first-order chi connectivity index (χ1) is 13.1. The minimum absolute atomic E-state index is 0.0894. The minimum atomic E-state index is -0.0981. The topological polar surface area (TPSA) is 55.8 Å². The second-order valence-electron chi connectivity index (χ2n) is 6.28. The third kappa shape index (κ3) is 4.63. The van der Waals surface area contributed by atoms with Crippen LogP contribution in [0, 0.1) is 0 Å². The molecule has 0 aromatic heterocycles. The lowest BCUT2D eigenvalue weighted by Gasteiger charge is -2.23. The van der Waals surface area contributed by atoms with Gasteiger partial charge in [-0.15, -0.1) is 11.8 Å². The second kappa shape index (κ2) is 8.95. The minimum Gasteiger partial charge on any atom is -0.490 e. The van der Waals surface area contributed by atoms with Crippen LogP contribution in [-0.4, -0.2) is 37.2 Å². The highest BCUT2D eigenvalue weighted by molar-refractivity contribution is 8.00. The molecule has 2 aromatic rings. The van der Waals surface area contributed by atoms with Crippen molar-refractivity contribution < 1.29 is 19.1 Å². The van der Waals surface area contributed by atoms with E-state index in [1.165, 1.54) is 0 Å². The number of ether oxygens (including phenoxy) is 2. The van der Waals surface area contributed by atoms with E-state index in [0.29, 0.717) is 35.5 Å². The Hall–Kier alpha value is -2.47. The first kappa shape index (κ1) is 19.3. The number of fused-ring (bicyclic) bond motifs is 1. The molecule has 3 rings (SSSR count). The summed E-state index contributed by atoms with van der Waals surface area (Å²) in [5.74, 6) is 0.830. The average Bonchev–Trinajstić information content (AvgIpc) is 2.85. The Morgan fingerprint density at radius 3 is 2.81 bits per heavy atom. The van der Waals surface area contributed by atoms with Crippen molar-refractivity contribution in [2.24, 2.45) is 0 Å². The van der Waals surface area contributed by atoms with Crippen LogP contribution in [0.15, 0.2) is 47.4 Å². The zero-order valence-corrected chi connectivity index (χ0v) is 16.3. The molecule has 0 unspecified atom stereocenters. The SMILES string of the molecule is CCOc1cc(C=O)ccc1OCC(=O)N1CC[C@@H](C)Sc2ccccc21. The van der Waals surface area contributed by atoms with Gasteiger partial charge in [-0.05, 0) is 43.7 Å². The number of hydrogen-bond donors (Lipinski definition) is 0. The summed E-state index contributed by atoms with van der Waals surface area (Å²) >= 11 is 1.79. The molecule has 0 radical (unpaired) electrons. The van der Waals surface area contributed by atoms with Crippen molar-refractivity contribution in [3.05, 3.63) is 48.0 Å². The van der Waals surface area contributed by atoms with Gasteiger partial charge >= 0.3 is 0 Å². The summed E-state index contributed by atoms with van der Waals surface area (Å²) in [7, 11) is 0. The number of rotatable bonds is 6. The van der Waals surface area contributed by atoms with Gasteiger partial charge < -0.3 is 14.4 Å². The Bertz CT molecular complexity index is 824. The van der Waals surface area contributed by atoms with Crippen LogP contribution in [0.1, 0.15) is 30.6 Å². The van der Waals surface area contributed by atoms with E-state index in [4.69, 9.17) is 9.47 Å². The van der Waals surface area contributed by atoms with E-state index in [0.717, 1.165) is 23.3 Å². The summed E-state index contributed by atoms with van der Waals surface area (Å²) < 4.78 is 11.3. The van der Waals surface area contributed by atoms with E-state index in [2.05, 4.69) is 6.92 Å². The summed E-state index contributed by atoms with van der Waals surface area (Å²) in [6.45, 7) is 5.05. The van der Waals surface area contributed by atoms with Gasteiger partial charge in [0.2, 0.25) is 0 Å². The van der Waals surface area contributed by atoms with E-state index >= 15 is 0 Å². The van der Waals surface area contributed by atoms with E-state index in [1.807, 2.05) is 31.2 Å². The quantitative estimate of drug-likeness (QED) is 0.698. The fourth-order valence-corrected chi connectivity index (χ4v) is 4.06. The number of nitrogens with zero attached hydrogens (tertiary/aromatic N) is 1. The van der Waals surface area contributed by atoms with Crippen molar-refractivity contribution in [3.8, 4) is 11.5 Å². The van der Waals surface area contributed by atoms with Crippen molar-refractivity contribution in [3.63, 3.8) is 0 Å². The molecule has 0 fully saturated rings. The van der Waals surface area contributed by atoms with Gasteiger partial charge in [0.1, 0.15) is 6.29 Å². The predicted octanol–water partition coefficient (Wildman–Crippen LogP) is 4.19. The number of hydrogen-bond acceptors (Lipinski definition) is 5. The fraction of sp³-hybridized carbons (Fsp3) is 0.333. The fourth-order valence-electron chi connectivity index (χ4n) is 2.95. The Kier molecular flexibility index (Phi) is 6.40. The van der Waals surface area contributed by atoms with Crippen molar-refractivity contribution >= 4 is 29.6 Å². The Morgan fingerprint density at radius 1 is 1.22 bits per heavy atom. The third-order valence-corrected chi connectivity index (χ3v) is 5.54.